The monoisotopic (exact) mass is 509 g/mol. The fraction of sp³-hybridized carbons (Fsp3) is 0.167. The molecule has 0 aliphatic rings. The molecular formula is C30H27N3O3S. The summed E-state index contributed by atoms with van der Waals surface area (Å²) in [6.07, 6.45) is 1.71. The molecule has 6 nitrogen and oxygen atoms in total. The summed E-state index contributed by atoms with van der Waals surface area (Å²) in [6.45, 7) is 7.68. The minimum Gasteiger partial charge on any atom is -0.490 e. The second-order valence-corrected chi connectivity index (χ2v) is 9.89. The lowest BCUT2D eigenvalue weighted by molar-refractivity contribution is -0.111. The van der Waals surface area contributed by atoms with Gasteiger partial charge in [-0.15, -0.1) is 11.3 Å². The third kappa shape index (κ3) is 5.71. The Hall–Kier alpha value is -4.41. The number of anilines is 1. The predicted molar refractivity (Wildman–Crippen MR) is 149 cm³/mol. The number of amides is 1. The van der Waals surface area contributed by atoms with E-state index in [1.807, 2.05) is 94.4 Å². The summed E-state index contributed by atoms with van der Waals surface area (Å²) >= 11 is 1.11. The summed E-state index contributed by atoms with van der Waals surface area (Å²) in [4.78, 5) is 27.0. The number of aryl methyl sites for hydroxylation is 2. The summed E-state index contributed by atoms with van der Waals surface area (Å²) in [6, 6.07) is 24.2. The molecule has 0 spiro atoms. The van der Waals surface area contributed by atoms with E-state index in [1.165, 1.54) is 4.57 Å². The van der Waals surface area contributed by atoms with Crippen LogP contribution in [0.15, 0.2) is 77.6 Å². The van der Waals surface area contributed by atoms with E-state index < -0.39 is 5.91 Å². The summed E-state index contributed by atoms with van der Waals surface area (Å²) < 4.78 is 8.02. The van der Waals surface area contributed by atoms with Crippen molar-refractivity contribution in [3.05, 3.63) is 109 Å². The van der Waals surface area contributed by atoms with Gasteiger partial charge < -0.3 is 10.1 Å². The van der Waals surface area contributed by atoms with Crippen LogP contribution >= 0.6 is 11.3 Å². The van der Waals surface area contributed by atoms with E-state index in [2.05, 4.69) is 5.32 Å². The van der Waals surface area contributed by atoms with E-state index in [0.717, 1.165) is 28.0 Å². The first kappa shape index (κ1) is 25.7. The summed E-state index contributed by atoms with van der Waals surface area (Å²) in [7, 11) is 0. The van der Waals surface area contributed by atoms with E-state index >= 15 is 0 Å². The molecule has 0 bridgehead atoms. The largest absolute Gasteiger partial charge is 0.490 e. The van der Waals surface area contributed by atoms with Crippen molar-refractivity contribution >= 4 is 34.6 Å². The predicted octanol–water partition coefficient (Wildman–Crippen LogP) is 4.44. The van der Waals surface area contributed by atoms with Crippen molar-refractivity contribution in [2.75, 3.05) is 5.32 Å². The third-order valence-electron chi connectivity index (χ3n) is 5.58. The molecule has 0 fully saturated rings. The second kappa shape index (κ2) is 11.1. The Labute approximate surface area is 219 Å². The number of aromatic nitrogens is 1. The van der Waals surface area contributed by atoms with Gasteiger partial charge in [-0.1, -0.05) is 48.5 Å². The van der Waals surface area contributed by atoms with Crippen LogP contribution in [0.2, 0.25) is 0 Å². The van der Waals surface area contributed by atoms with E-state index in [4.69, 9.17) is 4.74 Å². The molecule has 37 heavy (non-hydrogen) atoms. The van der Waals surface area contributed by atoms with Gasteiger partial charge in [0.05, 0.1) is 16.3 Å². The van der Waals surface area contributed by atoms with Crippen LogP contribution in [0.4, 0.5) is 5.69 Å². The maximum absolute atomic E-state index is 13.8. The molecule has 1 amide bonds. The van der Waals surface area contributed by atoms with E-state index in [-0.39, 0.29) is 21.9 Å². The number of carbonyl (C=O) groups excluding carboxylic acids is 1. The zero-order chi connectivity index (χ0) is 26.5. The molecule has 186 valence electrons. The zero-order valence-corrected chi connectivity index (χ0v) is 21.9. The number of nitrogens with zero attached hydrogens (tertiary/aromatic N) is 2. The fourth-order valence-electron chi connectivity index (χ4n) is 3.90. The van der Waals surface area contributed by atoms with Crippen molar-refractivity contribution in [2.24, 2.45) is 0 Å². The smallest absolute Gasteiger partial charge is 0.273 e. The minimum absolute atomic E-state index is 0.0408. The normalized spacial score (nSPS) is 12.3. The maximum Gasteiger partial charge on any atom is 0.273 e. The third-order valence-corrected chi connectivity index (χ3v) is 6.67. The van der Waals surface area contributed by atoms with Gasteiger partial charge in [-0.25, -0.2) is 0 Å². The number of hydrogen-bond donors (Lipinski definition) is 1. The Bertz CT molecular complexity index is 1690. The topological polar surface area (TPSA) is 84.1 Å². The second-order valence-electron chi connectivity index (χ2n) is 8.86. The molecule has 0 atom stereocenters. The highest BCUT2D eigenvalue weighted by Crippen LogP contribution is 2.20. The van der Waals surface area contributed by atoms with Crippen molar-refractivity contribution < 1.29 is 9.53 Å². The highest BCUT2D eigenvalue weighted by atomic mass is 32.1. The molecule has 3 aromatic carbocycles. The summed E-state index contributed by atoms with van der Waals surface area (Å²) in [5.41, 5.74) is 3.29. The van der Waals surface area contributed by atoms with Crippen molar-refractivity contribution in [1.29, 1.82) is 5.26 Å². The van der Waals surface area contributed by atoms with Crippen LogP contribution in [0.1, 0.15) is 30.5 Å². The van der Waals surface area contributed by atoms with Gasteiger partial charge in [-0.2, -0.15) is 5.26 Å². The molecule has 4 rings (SSSR count). The number of rotatable bonds is 6. The van der Waals surface area contributed by atoms with Gasteiger partial charge in [0.25, 0.3) is 11.5 Å². The standard InChI is InChI=1S/C30H27N3O3S/c1-19(2)36-26-15-8-6-12-22(26)17-27-29(35)33(25-14-7-5-11-21(25)4)30(37-27)24(18-31)28(34)32-23-13-9-10-20(3)16-23/h5-17,19H,1-4H3,(H,32,34)/b27-17+,30-24-. The van der Waals surface area contributed by atoms with Crippen LogP contribution in [0.25, 0.3) is 17.3 Å². The lowest BCUT2D eigenvalue weighted by Gasteiger charge is -2.11. The Kier molecular flexibility index (Phi) is 7.71. The van der Waals surface area contributed by atoms with Crippen LogP contribution in [0.3, 0.4) is 0 Å². The van der Waals surface area contributed by atoms with Crippen LogP contribution in [0, 0.1) is 25.2 Å². The highest BCUT2D eigenvalue weighted by molar-refractivity contribution is 7.07. The molecule has 0 saturated carbocycles. The molecule has 1 aromatic heterocycles. The summed E-state index contributed by atoms with van der Waals surface area (Å²) in [5, 5.41) is 12.9. The average Bonchev–Trinajstić information content (AvgIpc) is 3.16. The zero-order valence-electron chi connectivity index (χ0n) is 21.1. The van der Waals surface area contributed by atoms with Gasteiger partial charge in [0, 0.05) is 11.3 Å². The first-order chi connectivity index (χ1) is 17.8. The molecule has 1 heterocycles. The van der Waals surface area contributed by atoms with Crippen LogP contribution < -0.4 is 24.8 Å². The Morgan fingerprint density at radius 1 is 1.05 bits per heavy atom. The molecule has 7 heteroatoms. The van der Waals surface area contributed by atoms with Gasteiger partial charge in [-0.05, 0) is 69.2 Å². The van der Waals surface area contributed by atoms with Crippen LogP contribution in [-0.2, 0) is 4.79 Å². The Morgan fingerprint density at radius 2 is 1.78 bits per heavy atom. The first-order valence-corrected chi connectivity index (χ1v) is 12.7. The number of para-hydroxylation sites is 2. The Morgan fingerprint density at radius 3 is 2.49 bits per heavy atom. The quantitative estimate of drug-likeness (QED) is 0.416. The van der Waals surface area contributed by atoms with Crippen molar-refractivity contribution in [1.82, 2.24) is 4.57 Å². The molecule has 0 aliphatic heterocycles. The van der Waals surface area contributed by atoms with Crippen molar-refractivity contribution in [2.45, 2.75) is 33.8 Å². The number of nitrogens with one attached hydrogen (secondary N) is 1. The van der Waals surface area contributed by atoms with Crippen LogP contribution in [0.5, 0.6) is 5.75 Å². The van der Waals surface area contributed by atoms with Crippen molar-refractivity contribution in [3.63, 3.8) is 0 Å². The number of nitriles is 1. The average molecular weight is 510 g/mol. The molecule has 0 radical (unpaired) electrons. The first-order valence-electron chi connectivity index (χ1n) is 11.9. The number of thiazole rings is 1. The minimum atomic E-state index is -0.577. The number of benzene rings is 3. The van der Waals surface area contributed by atoms with Gasteiger partial charge in [0.2, 0.25) is 0 Å². The lowest BCUT2D eigenvalue weighted by Crippen LogP contribution is -2.32. The van der Waals surface area contributed by atoms with E-state index in [1.54, 1.807) is 18.2 Å². The molecular weight excluding hydrogens is 482 g/mol. The molecule has 4 aromatic rings. The van der Waals surface area contributed by atoms with E-state index in [0.29, 0.717) is 21.7 Å². The van der Waals surface area contributed by atoms with Gasteiger partial charge in [0.15, 0.2) is 5.57 Å². The number of carbonyl (C=O) groups is 1. The SMILES string of the molecule is Cc1cccc(NC(=O)/C(C#N)=c2\s/c(=C/c3ccccc3OC(C)C)c(=O)n2-c2ccccc2C)c1. The molecule has 0 unspecified atom stereocenters. The summed E-state index contributed by atoms with van der Waals surface area (Å²) in [5.74, 6) is 0.0720. The number of ether oxygens (including phenoxy) is 1. The fourth-order valence-corrected chi connectivity index (χ4v) is 4.98. The van der Waals surface area contributed by atoms with Gasteiger partial charge in [0.1, 0.15) is 16.5 Å². The van der Waals surface area contributed by atoms with Gasteiger partial charge in [-0.3, -0.25) is 14.2 Å². The maximum atomic E-state index is 13.8. The molecule has 1 N–H and O–H groups in total. The lowest BCUT2D eigenvalue weighted by atomic mass is 10.2. The highest BCUT2D eigenvalue weighted by Gasteiger charge is 2.18. The van der Waals surface area contributed by atoms with Gasteiger partial charge >= 0.3 is 0 Å². The van der Waals surface area contributed by atoms with Crippen molar-refractivity contribution in [3.8, 4) is 17.5 Å². The molecule has 0 saturated heterocycles. The van der Waals surface area contributed by atoms with E-state index in [9.17, 15) is 14.9 Å². The Balaban J connectivity index is 1.98. The van der Waals surface area contributed by atoms with Crippen LogP contribution in [-0.4, -0.2) is 16.6 Å². The molecule has 0 aliphatic carbocycles. The number of hydrogen-bond acceptors (Lipinski definition) is 5.